The summed E-state index contributed by atoms with van der Waals surface area (Å²) in [5, 5.41) is 15.2. The Hall–Kier alpha value is -8.58. The predicted octanol–water partition coefficient (Wildman–Crippen LogP) is 19.7. The van der Waals surface area contributed by atoms with Gasteiger partial charge in [0.25, 0.3) is 0 Å². The minimum absolute atomic E-state index is 0.439. The summed E-state index contributed by atoms with van der Waals surface area (Å²) in [6.07, 6.45) is 0. The van der Waals surface area contributed by atoms with E-state index in [0.29, 0.717) is 5.92 Å². The van der Waals surface area contributed by atoms with Crippen LogP contribution in [0.25, 0.3) is 131 Å². The predicted molar refractivity (Wildman–Crippen MR) is 298 cm³/mol. The highest BCUT2D eigenvalue weighted by molar-refractivity contribution is 6.22. The third-order valence-electron chi connectivity index (χ3n) is 14.6. The van der Waals surface area contributed by atoms with E-state index >= 15 is 0 Å². The molecule has 0 aliphatic rings. The van der Waals surface area contributed by atoms with Gasteiger partial charge in [-0.1, -0.05) is 244 Å². The molecule has 0 nitrogen and oxygen atoms in total. The van der Waals surface area contributed by atoms with Crippen molar-refractivity contribution in [3.63, 3.8) is 0 Å². The van der Waals surface area contributed by atoms with E-state index in [9.17, 15) is 0 Å². The van der Waals surface area contributed by atoms with Crippen molar-refractivity contribution in [3.05, 3.63) is 254 Å². The zero-order valence-electron chi connectivity index (χ0n) is 38.7. The first-order valence-corrected chi connectivity index (χ1v) is 24.3. The summed E-state index contributed by atoms with van der Waals surface area (Å²) in [6, 6.07) is 92.7. The lowest BCUT2D eigenvalue weighted by atomic mass is 9.83. The lowest BCUT2D eigenvalue weighted by Gasteiger charge is -2.20. The van der Waals surface area contributed by atoms with E-state index in [4.69, 9.17) is 0 Å². The molecule has 13 rings (SSSR count). The van der Waals surface area contributed by atoms with Gasteiger partial charge in [0.15, 0.2) is 0 Å². The Bertz CT molecular complexity index is 4080. The Morgan fingerprint density at radius 3 is 1.01 bits per heavy atom. The van der Waals surface area contributed by atoms with Gasteiger partial charge in [0.1, 0.15) is 0 Å². The third kappa shape index (κ3) is 6.91. The second-order valence-corrected chi connectivity index (χ2v) is 18.9. The van der Waals surface area contributed by atoms with Crippen molar-refractivity contribution in [3.8, 4) is 66.8 Å². The second kappa shape index (κ2) is 16.6. The molecule has 0 aliphatic heterocycles. The molecule has 0 saturated carbocycles. The fourth-order valence-corrected chi connectivity index (χ4v) is 11.2. The van der Waals surface area contributed by atoms with Crippen LogP contribution in [0, 0.1) is 0 Å². The van der Waals surface area contributed by atoms with Crippen molar-refractivity contribution in [2.75, 3.05) is 0 Å². The van der Waals surface area contributed by atoms with Crippen LogP contribution in [0.2, 0.25) is 0 Å². The Kier molecular flexibility index (Phi) is 9.80. The molecule has 0 heterocycles. The van der Waals surface area contributed by atoms with Gasteiger partial charge in [-0.2, -0.15) is 0 Å². The van der Waals surface area contributed by atoms with E-state index in [-0.39, 0.29) is 0 Å². The molecule has 0 amide bonds. The summed E-state index contributed by atoms with van der Waals surface area (Å²) in [7, 11) is 0. The summed E-state index contributed by atoms with van der Waals surface area (Å²) in [4.78, 5) is 0. The molecule has 0 radical (unpaired) electrons. The minimum Gasteiger partial charge on any atom is -0.0616 e. The van der Waals surface area contributed by atoms with Crippen LogP contribution in [0.4, 0.5) is 0 Å². The molecule has 0 spiro atoms. The van der Waals surface area contributed by atoms with E-state index in [1.54, 1.807) is 0 Å². The summed E-state index contributed by atoms with van der Waals surface area (Å²) in [5.41, 5.74) is 16.1. The number of hydrogen-bond donors (Lipinski definition) is 0. The molecule has 13 aromatic rings. The van der Waals surface area contributed by atoms with Crippen LogP contribution in [-0.4, -0.2) is 0 Å². The number of hydrogen-bond acceptors (Lipinski definition) is 0. The summed E-state index contributed by atoms with van der Waals surface area (Å²) >= 11 is 0. The first kappa shape index (κ1) is 40.7. The largest absolute Gasteiger partial charge is 0.0616 e. The van der Waals surface area contributed by atoms with Gasteiger partial charge in [0.2, 0.25) is 0 Å². The molecular formula is C69H48. The first-order chi connectivity index (χ1) is 34.1. The first-order valence-electron chi connectivity index (χ1n) is 24.3. The lowest BCUT2D eigenvalue weighted by Crippen LogP contribution is -1.94. The minimum atomic E-state index is 0.439. The van der Waals surface area contributed by atoms with Crippen LogP contribution in [-0.2, 0) is 0 Å². The maximum atomic E-state index is 2.45. The molecule has 0 saturated heterocycles. The summed E-state index contributed by atoms with van der Waals surface area (Å²) in [5.74, 6) is 0.439. The number of fused-ring (bicyclic) bond motifs is 8. The van der Waals surface area contributed by atoms with Gasteiger partial charge in [-0.15, -0.1) is 0 Å². The van der Waals surface area contributed by atoms with Gasteiger partial charge in [-0.25, -0.2) is 0 Å². The highest BCUT2D eigenvalue weighted by Crippen LogP contribution is 2.47. The molecule has 69 heavy (non-hydrogen) atoms. The molecule has 0 unspecified atom stereocenters. The average molecular weight is 877 g/mol. The van der Waals surface area contributed by atoms with E-state index in [0.717, 1.165) is 0 Å². The molecule has 0 N–H and O–H groups in total. The highest BCUT2D eigenvalue weighted by atomic mass is 14.2. The van der Waals surface area contributed by atoms with E-state index in [1.807, 2.05) is 0 Å². The molecule has 0 atom stereocenters. The Labute approximate surface area is 403 Å². The van der Waals surface area contributed by atoms with Crippen LogP contribution in [0.5, 0.6) is 0 Å². The standard InChI is InChI=1S/C69H48/c1-44(2)49-18-15-19-52(40-49)68-61-26-11-13-28-63(61)69(64-29-14-12-27-62(64)68)53-38-39-56(45-30-32-47(33-31-45)66-41-50-16-3-5-20-54(50)57-22-7-9-24-59(57)66)65(43-53)46-34-36-48(37-35-46)67-42-51-17-4-6-21-55(51)58-23-8-10-25-60(58)67/h3-44H,1-2H3. The smallest absolute Gasteiger partial charge is 0.00261 e. The quantitative estimate of drug-likeness (QED) is 0.111. The van der Waals surface area contributed by atoms with Crippen molar-refractivity contribution in [1.82, 2.24) is 0 Å². The van der Waals surface area contributed by atoms with Crippen LogP contribution in [0.3, 0.4) is 0 Å². The van der Waals surface area contributed by atoms with Gasteiger partial charge in [0, 0.05) is 0 Å². The van der Waals surface area contributed by atoms with Crippen molar-refractivity contribution >= 4 is 64.6 Å². The fraction of sp³-hybridized carbons (Fsp3) is 0.0435. The summed E-state index contributed by atoms with van der Waals surface area (Å²) < 4.78 is 0. The zero-order chi connectivity index (χ0) is 46.0. The molecule has 0 fully saturated rings. The topological polar surface area (TPSA) is 0 Å². The highest BCUT2D eigenvalue weighted by Gasteiger charge is 2.20. The molecule has 324 valence electrons. The maximum absolute atomic E-state index is 2.45. The molecular weight excluding hydrogens is 829 g/mol. The maximum Gasteiger partial charge on any atom is -0.00261 e. The second-order valence-electron chi connectivity index (χ2n) is 18.9. The van der Waals surface area contributed by atoms with Crippen molar-refractivity contribution in [1.29, 1.82) is 0 Å². The number of rotatable bonds is 7. The van der Waals surface area contributed by atoms with Gasteiger partial charge >= 0.3 is 0 Å². The van der Waals surface area contributed by atoms with E-state index < -0.39 is 0 Å². The normalized spacial score (nSPS) is 11.8. The molecule has 0 aliphatic carbocycles. The van der Waals surface area contributed by atoms with Gasteiger partial charge in [-0.05, 0) is 161 Å². The van der Waals surface area contributed by atoms with E-state index in [1.165, 1.54) is 137 Å². The zero-order valence-corrected chi connectivity index (χ0v) is 38.7. The van der Waals surface area contributed by atoms with Crippen molar-refractivity contribution in [2.24, 2.45) is 0 Å². The SMILES string of the molecule is CC(C)c1cccc(-c2c3ccccc3c(-c3ccc(-c4ccc(-c5cc6ccccc6c6ccccc56)cc4)c(-c4ccc(-c5cc6ccccc6c6ccccc56)cc4)c3)c3ccccc23)c1. The molecule has 13 aromatic carbocycles. The van der Waals surface area contributed by atoms with Gasteiger partial charge in [-0.3, -0.25) is 0 Å². The monoisotopic (exact) mass is 876 g/mol. The van der Waals surface area contributed by atoms with Gasteiger partial charge < -0.3 is 0 Å². The Morgan fingerprint density at radius 2 is 0.565 bits per heavy atom. The van der Waals surface area contributed by atoms with Crippen molar-refractivity contribution < 1.29 is 0 Å². The van der Waals surface area contributed by atoms with Crippen LogP contribution < -0.4 is 0 Å². The Morgan fingerprint density at radius 1 is 0.217 bits per heavy atom. The van der Waals surface area contributed by atoms with Crippen LogP contribution >= 0.6 is 0 Å². The third-order valence-corrected chi connectivity index (χ3v) is 14.6. The molecule has 0 bridgehead atoms. The van der Waals surface area contributed by atoms with Crippen LogP contribution in [0.15, 0.2) is 249 Å². The molecule has 0 aromatic heterocycles. The lowest BCUT2D eigenvalue weighted by molar-refractivity contribution is 0.867. The van der Waals surface area contributed by atoms with E-state index in [2.05, 4.69) is 263 Å². The molecule has 0 heteroatoms. The summed E-state index contributed by atoms with van der Waals surface area (Å²) in [6.45, 7) is 4.55. The Balaban J connectivity index is 1.00. The fourth-order valence-electron chi connectivity index (χ4n) is 11.2. The van der Waals surface area contributed by atoms with Crippen LogP contribution in [0.1, 0.15) is 25.3 Å². The van der Waals surface area contributed by atoms with Gasteiger partial charge in [0.05, 0.1) is 0 Å². The average Bonchev–Trinajstić information content (AvgIpc) is 3.42. The van der Waals surface area contributed by atoms with Crippen molar-refractivity contribution in [2.45, 2.75) is 19.8 Å². The number of benzene rings is 13.